The summed E-state index contributed by atoms with van der Waals surface area (Å²) >= 11 is 1.33. The lowest BCUT2D eigenvalue weighted by Gasteiger charge is -2.15. The van der Waals surface area contributed by atoms with Crippen LogP contribution in [0.4, 0.5) is 0 Å². The van der Waals surface area contributed by atoms with Gasteiger partial charge in [0, 0.05) is 5.75 Å². The van der Waals surface area contributed by atoms with E-state index in [1.165, 1.54) is 18.0 Å². The number of carboxylic acids is 1. The van der Waals surface area contributed by atoms with E-state index in [9.17, 15) is 15.0 Å². The molecule has 1 fully saturated rings. The number of nitrogens with zero attached hydrogens (tertiary/aromatic N) is 1. The Morgan fingerprint density at radius 3 is 2.88 bits per heavy atom. The summed E-state index contributed by atoms with van der Waals surface area (Å²) in [5.41, 5.74) is 0.699. The van der Waals surface area contributed by atoms with Gasteiger partial charge >= 0.3 is 5.97 Å². The molecular weight excluding hydrogens is 244 g/mol. The summed E-state index contributed by atoms with van der Waals surface area (Å²) in [4.78, 5) is 14.6. The van der Waals surface area contributed by atoms with Crippen LogP contribution in [0.5, 0.6) is 11.5 Å². The molecule has 4 N–H and O–H groups in total. The second kappa shape index (κ2) is 4.42. The van der Waals surface area contributed by atoms with E-state index >= 15 is 0 Å². The molecule has 1 aromatic rings. The third-order valence-corrected chi connectivity index (χ3v) is 3.83. The molecule has 1 aliphatic heterocycles. The maximum absolute atomic E-state index is 10.8. The van der Waals surface area contributed by atoms with Crippen molar-refractivity contribution in [3.8, 4) is 11.5 Å². The molecule has 2 atom stereocenters. The Hall–Kier alpha value is -1.47. The van der Waals surface area contributed by atoms with Crippen LogP contribution in [-0.4, -0.2) is 38.1 Å². The van der Waals surface area contributed by atoms with Crippen LogP contribution in [0.25, 0.3) is 0 Å². The van der Waals surface area contributed by atoms with Crippen molar-refractivity contribution in [1.29, 1.82) is 0 Å². The van der Waals surface area contributed by atoms with Gasteiger partial charge in [0.05, 0.1) is 22.8 Å². The minimum absolute atomic E-state index is 0.0963. The highest BCUT2D eigenvalue weighted by atomic mass is 32.2. The van der Waals surface area contributed by atoms with Gasteiger partial charge in [-0.25, -0.2) is 0 Å². The largest absolute Gasteiger partial charge is 0.506 e. The van der Waals surface area contributed by atoms with Crippen molar-refractivity contribution in [2.24, 2.45) is 0 Å². The normalized spacial score (nSPS) is 23.8. The first-order valence-corrected chi connectivity index (χ1v) is 6.03. The standard InChI is InChI=1S/C10H12N2O4S/c1-4-8(14)7(6(13)2-11-4)9-12-5(3-17-9)10(15)16/h2,5,9,12-14H,3H2,1H3,(H,15,16)/t5-,9?/m1/s1. The molecule has 0 spiro atoms. The molecule has 1 saturated heterocycles. The maximum atomic E-state index is 10.8. The van der Waals surface area contributed by atoms with Crippen LogP contribution in [0.2, 0.25) is 0 Å². The Bertz CT molecular complexity index is 466. The van der Waals surface area contributed by atoms with E-state index < -0.39 is 17.4 Å². The third-order valence-electron chi connectivity index (χ3n) is 2.60. The predicted octanol–water partition coefficient (Wildman–Crippen LogP) is 0.589. The van der Waals surface area contributed by atoms with Gasteiger partial charge in [-0.15, -0.1) is 11.8 Å². The first kappa shape index (κ1) is 12.0. The van der Waals surface area contributed by atoms with E-state index in [1.807, 2.05) is 0 Å². The number of aromatic hydroxyl groups is 2. The SMILES string of the molecule is Cc1ncc(O)c(C2N[C@@H](C(=O)O)CS2)c1O. The lowest BCUT2D eigenvalue weighted by molar-refractivity contribution is -0.138. The molecule has 1 unspecified atom stereocenters. The molecule has 0 aromatic carbocycles. The highest BCUT2D eigenvalue weighted by Gasteiger charge is 2.33. The number of thioether (sulfide) groups is 1. The summed E-state index contributed by atoms with van der Waals surface area (Å²) in [6.45, 7) is 1.62. The van der Waals surface area contributed by atoms with Gasteiger partial charge < -0.3 is 15.3 Å². The Morgan fingerprint density at radius 2 is 2.29 bits per heavy atom. The second-order valence-electron chi connectivity index (χ2n) is 3.76. The van der Waals surface area contributed by atoms with Crippen LogP contribution in [0, 0.1) is 6.92 Å². The molecule has 0 amide bonds. The number of hydrogen-bond acceptors (Lipinski definition) is 6. The van der Waals surface area contributed by atoms with Gasteiger partial charge in [0.25, 0.3) is 0 Å². The molecule has 0 bridgehead atoms. The van der Waals surface area contributed by atoms with Crippen LogP contribution in [0.15, 0.2) is 6.20 Å². The van der Waals surface area contributed by atoms with Gasteiger partial charge in [0.15, 0.2) is 0 Å². The van der Waals surface area contributed by atoms with E-state index in [1.54, 1.807) is 6.92 Å². The van der Waals surface area contributed by atoms with Gasteiger partial charge in [-0.3, -0.25) is 15.1 Å². The molecule has 0 aliphatic carbocycles. The van der Waals surface area contributed by atoms with E-state index in [0.29, 0.717) is 17.0 Å². The summed E-state index contributed by atoms with van der Waals surface area (Å²) in [5.74, 6) is -0.782. The van der Waals surface area contributed by atoms with E-state index in [2.05, 4.69) is 10.3 Å². The van der Waals surface area contributed by atoms with Crippen molar-refractivity contribution < 1.29 is 20.1 Å². The summed E-state index contributed by atoms with van der Waals surface area (Å²) in [6.07, 6.45) is 1.25. The number of carboxylic acid groups (broad SMARTS) is 1. The second-order valence-corrected chi connectivity index (χ2v) is 4.90. The number of aryl methyl sites for hydroxylation is 1. The Balaban J connectivity index is 2.30. The first-order valence-electron chi connectivity index (χ1n) is 4.98. The fourth-order valence-corrected chi connectivity index (χ4v) is 2.93. The average Bonchev–Trinajstić information content (AvgIpc) is 2.73. The van der Waals surface area contributed by atoms with Crippen LogP contribution in [0.1, 0.15) is 16.6 Å². The highest BCUT2D eigenvalue weighted by molar-refractivity contribution is 7.99. The van der Waals surface area contributed by atoms with Gasteiger partial charge in [-0.05, 0) is 6.92 Å². The molecule has 2 rings (SSSR count). The molecule has 6 nitrogen and oxygen atoms in total. The molecule has 0 radical (unpaired) electrons. The number of carbonyl (C=O) groups is 1. The van der Waals surface area contributed by atoms with Crippen molar-refractivity contribution in [1.82, 2.24) is 10.3 Å². The van der Waals surface area contributed by atoms with Gasteiger partial charge in [-0.2, -0.15) is 0 Å². The zero-order valence-electron chi connectivity index (χ0n) is 9.04. The van der Waals surface area contributed by atoms with Crippen LogP contribution in [-0.2, 0) is 4.79 Å². The van der Waals surface area contributed by atoms with Gasteiger partial charge in [-0.1, -0.05) is 0 Å². The van der Waals surface area contributed by atoms with Crippen molar-refractivity contribution >= 4 is 17.7 Å². The minimum atomic E-state index is -0.940. The zero-order valence-corrected chi connectivity index (χ0v) is 9.86. The summed E-state index contributed by atoms with van der Waals surface area (Å²) < 4.78 is 0. The quantitative estimate of drug-likeness (QED) is 0.614. The average molecular weight is 256 g/mol. The monoisotopic (exact) mass is 256 g/mol. The number of rotatable bonds is 2. The predicted molar refractivity (Wildman–Crippen MR) is 62.1 cm³/mol. The van der Waals surface area contributed by atoms with Crippen molar-refractivity contribution in [2.75, 3.05) is 5.75 Å². The molecule has 2 heterocycles. The molecule has 1 aliphatic rings. The van der Waals surface area contributed by atoms with Crippen LogP contribution in [0.3, 0.4) is 0 Å². The Morgan fingerprint density at radius 1 is 1.59 bits per heavy atom. The van der Waals surface area contributed by atoms with Crippen LogP contribution >= 0.6 is 11.8 Å². The van der Waals surface area contributed by atoms with E-state index in [0.717, 1.165) is 0 Å². The van der Waals surface area contributed by atoms with Gasteiger partial charge in [0.2, 0.25) is 0 Å². The van der Waals surface area contributed by atoms with E-state index in [-0.39, 0.29) is 11.5 Å². The maximum Gasteiger partial charge on any atom is 0.321 e. The lowest BCUT2D eigenvalue weighted by Crippen LogP contribution is -2.33. The first-order chi connectivity index (χ1) is 8.00. The number of aliphatic carboxylic acids is 1. The number of pyridine rings is 1. The number of nitrogens with one attached hydrogen (secondary N) is 1. The summed E-state index contributed by atoms with van der Waals surface area (Å²) in [7, 11) is 0. The molecule has 17 heavy (non-hydrogen) atoms. The third kappa shape index (κ3) is 2.16. The molecular formula is C10H12N2O4S. The minimum Gasteiger partial charge on any atom is -0.506 e. The Kier molecular flexibility index (Phi) is 3.12. The molecule has 92 valence electrons. The fraction of sp³-hybridized carbons (Fsp3) is 0.400. The molecule has 1 aromatic heterocycles. The van der Waals surface area contributed by atoms with Crippen LogP contribution < -0.4 is 5.32 Å². The zero-order chi connectivity index (χ0) is 12.6. The van der Waals surface area contributed by atoms with Crippen molar-refractivity contribution in [2.45, 2.75) is 18.3 Å². The smallest absolute Gasteiger partial charge is 0.321 e. The van der Waals surface area contributed by atoms with E-state index in [4.69, 9.17) is 5.11 Å². The van der Waals surface area contributed by atoms with Crippen molar-refractivity contribution in [3.05, 3.63) is 17.5 Å². The summed E-state index contributed by atoms with van der Waals surface area (Å²) in [5, 5.41) is 30.8. The highest BCUT2D eigenvalue weighted by Crippen LogP contribution is 2.42. The number of hydrogen-bond donors (Lipinski definition) is 4. The topological polar surface area (TPSA) is 103 Å². The lowest BCUT2D eigenvalue weighted by atomic mass is 10.1. The van der Waals surface area contributed by atoms with Crippen molar-refractivity contribution in [3.63, 3.8) is 0 Å². The van der Waals surface area contributed by atoms with Gasteiger partial charge in [0.1, 0.15) is 17.5 Å². The fourth-order valence-electron chi connectivity index (χ4n) is 1.64. The molecule has 7 heteroatoms. The molecule has 0 saturated carbocycles. The Labute approximate surface area is 102 Å². The summed E-state index contributed by atoms with van der Waals surface area (Å²) in [6, 6.07) is -0.669. The number of aromatic nitrogens is 1.